The molecule has 0 unspecified atom stereocenters. The van der Waals surface area contributed by atoms with Crippen molar-refractivity contribution in [2.45, 2.75) is 18.9 Å². The van der Waals surface area contributed by atoms with Crippen LogP contribution in [0.2, 0.25) is 0 Å². The molecule has 0 aromatic heterocycles. The van der Waals surface area contributed by atoms with Crippen LogP contribution in [0.15, 0.2) is 28.7 Å². The number of carbonyl (C=O) groups excluding carboxylic acids is 2. The lowest BCUT2D eigenvalue weighted by Crippen LogP contribution is -2.35. The summed E-state index contributed by atoms with van der Waals surface area (Å²) in [6.45, 7) is 0. The van der Waals surface area contributed by atoms with Gasteiger partial charge in [0.1, 0.15) is 0 Å². The summed E-state index contributed by atoms with van der Waals surface area (Å²) in [7, 11) is -1.85. The molecule has 8 heteroatoms. The number of rotatable bonds is 5. The Labute approximate surface area is 143 Å². The van der Waals surface area contributed by atoms with E-state index in [2.05, 4.69) is 26.0 Å². The first-order valence-electron chi connectivity index (χ1n) is 7.14. The van der Waals surface area contributed by atoms with E-state index in [4.69, 9.17) is 0 Å². The van der Waals surface area contributed by atoms with E-state index in [1.807, 2.05) is 6.07 Å². The lowest BCUT2D eigenvalue weighted by molar-refractivity contribution is -0.141. The highest BCUT2D eigenvalue weighted by atomic mass is 79.9. The topological polar surface area (TPSA) is 89.5 Å². The number of nitrogens with one attached hydrogen (secondary N) is 1. The maximum Gasteiger partial charge on any atom is 0.307 e. The summed E-state index contributed by atoms with van der Waals surface area (Å²) >= 11 is 3.35. The highest BCUT2D eigenvalue weighted by Crippen LogP contribution is 2.24. The first kappa shape index (κ1) is 17.9. The summed E-state index contributed by atoms with van der Waals surface area (Å²) < 4.78 is 28.5. The van der Waals surface area contributed by atoms with Gasteiger partial charge in [-0.15, -0.1) is 0 Å². The van der Waals surface area contributed by atoms with E-state index in [-0.39, 0.29) is 23.8 Å². The molecule has 1 aromatic rings. The Kier molecular flexibility index (Phi) is 5.80. The first-order chi connectivity index (χ1) is 10.8. The number of halogens is 1. The standard InChI is InChI=1S/C15H18BrNO5S/c1-22-14(18)8-13(10-3-2-4-12(16)7-10)17-15(19)11-5-6-23(20,21)9-11/h2-4,7,11,13H,5-6,8-9H2,1H3,(H,17,19)/t11-,13+/m0/s1. The van der Waals surface area contributed by atoms with E-state index in [9.17, 15) is 18.0 Å². The molecule has 1 heterocycles. The Morgan fingerprint density at radius 3 is 2.74 bits per heavy atom. The molecule has 1 saturated heterocycles. The molecular formula is C15H18BrNO5S. The fraction of sp³-hybridized carbons (Fsp3) is 0.467. The number of hydrogen-bond donors (Lipinski definition) is 1. The molecule has 1 aromatic carbocycles. The van der Waals surface area contributed by atoms with Gasteiger partial charge in [0.25, 0.3) is 0 Å². The maximum atomic E-state index is 12.3. The molecule has 0 spiro atoms. The van der Waals surface area contributed by atoms with Gasteiger partial charge in [-0.1, -0.05) is 28.1 Å². The Morgan fingerprint density at radius 1 is 1.43 bits per heavy atom. The molecule has 1 amide bonds. The number of methoxy groups -OCH3 is 1. The van der Waals surface area contributed by atoms with Crippen LogP contribution in [0.25, 0.3) is 0 Å². The van der Waals surface area contributed by atoms with Crippen LogP contribution in [0, 0.1) is 5.92 Å². The average molecular weight is 404 g/mol. The molecule has 0 aliphatic carbocycles. The van der Waals surface area contributed by atoms with Gasteiger partial charge in [0.05, 0.1) is 37.0 Å². The Morgan fingerprint density at radius 2 is 2.17 bits per heavy atom. The summed E-state index contributed by atoms with van der Waals surface area (Å²) in [6, 6.07) is 6.68. The number of esters is 1. The Balaban J connectivity index is 2.14. The summed E-state index contributed by atoms with van der Waals surface area (Å²) in [6.07, 6.45) is 0.301. The van der Waals surface area contributed by atoms with Crippen LogP contribution >= 0.6 is 15.9 Å². The van der Waals surface area contributed by atoms with Crippen LogP contribution < -0.4 is 5.32 Å². The molecule has 0 saturated carbocycles. The van der Waals surface area contributed by atoms with Crippen molar-refractivity contribution in [3.05, 3.63) is 34.3 Å². The number of amides is 1. The van der Waals surface area contributed by atoms with Crippen molar-refractivity contribution in [1.82, 2.24) is 5.32 Å². The predicted octanol–water partition coefficient (Wildman–Crippen LogP) is 1.60. The Hall–Kier alpha value is -1.41. The zero-order valence-electron chi connectivity index (χ0n) is 12.6. The van der Waals surface area contributed by atoms with Crippen molar-refractivity contribution in [3.8, 4) is 0 Å². The molecule has 2 rings (SSSR count). The van der Waals surface area contributed by atoms with Gasteiger partial charge in [-0.05, 0) is 24.1 Å². The fourth-order valence-electron chi connectivity index (χ4n) is 2.52. The van der Waals surface area contributed by atoms with Crippen molar-refractivity contribution < 1.29 is 22.7 Å². The quantitative estimate of drug-likeness (QED) is 0.754. The number of carbonyl (C=O) groups is 2. The molecular weight excluding hydrogens is 386 g/mol. The van der Waals surface area contributed by atoms with Gasteiger partial charge in [-0.3, -0.25) is 9.59 Å². The summed E-state index contributed by atoms with van der Waals surface area (Å²) in [5, 5.41) is 2.78. The second-order valence-corrected chi connectivity index (χ2v) is 8.64. The van der Waals surface area contributed by atoms with E-state index in [1.165, 1.54) is 7.11 Å². The molecule has 23 heavy (non-hydrogen) atoms. The van der Waals surface area contributed by atoms with E-state index in [1.54, 1.807) is 18.2 Å². The molecule has 0 radical (unpaired) electrons. The third kappa shape index (κ3) is 5.04. The van der Waals surface area contributed by atoms with E-state index < -0.39 is 27.8 Å². The number of ether oxygens (including phenoxy) is 1. The molecule has 1 N–H and O–H groups in total. The van der Waals surface area contributed by atoms with Crippen LogP contribution in [-0.4, -0.2) is 38.9 Å². The lowest BCUT2D eigenvalue weighted by atomic mass is 10.0. The fourth-order valence-corrected chi connectivity index (χ4v) is 4.68. The minimum Gasteiger partial charge on any atom is -0.469 e. The van der Waals surface area contributed by atoms with Gasteiger partial charge in [-0.2, -0.15) is 0 Å². The van der Waals surface area contributed by atoms with Crippen molar-refractivity contribution in [2.75, 3.05) is 18.6 Å². The number of sulfone groups is 1. The molecule has 126 valence electrons. The van der Waals surface area contributed by atoms with Crippen LogP contribution in [0.3, 0.4) is 0 Å². The highest BCUT2D eigenvalue weighted by molar-refractivity contribution is 9.10. The van der Waals surface area contributed by atoms with Gasteiger partial charge >= 0.3 is 5.97 Å². The van der Waals surface area contributed by atoms with Gasteiger partial charge in [0.15, 0.2) is 9.84 Å². The van der Waals surface area contributed by atoms with Crippen molar-refractivity contribution in [1.29, 1.82) is 0 Å². The van der Waals surface area contributed by atoms with Crippen LogP contribution in [0.1, 0.15) is 24.4 Å². The van der Waals surface area contributed by atoms with Gasteiger partial charge in [-0.25, -0.2) is 8.42 Å². The summed E-state index contributed by atoms with van der Waals surface area (Å²) in [5.41, 5.74) is 0.749. The second-order valence-electron chi connectivity index (χ2n) is 5.50. The summed E-state index contributed by atoms with van der Waals surface area (Å²) in [4.78, 5) is 23.9. The Bertz CT molecular complexity index is 704. The zero-order chi connectivity index (χ0) is 17.0. The predicted molar refractivity (Wildman–Crippen MR) is 88.4 cm³/mol. The molecule has 1 aliphatic rings. The van der Waals surface area contributed by atoms with Crippen LogP contribution in [-0.2, 0) is 24.2 Å². The number of benzene rings is 1. The van der Waals surface area contributed by atoms with Crippen molar-refractivity contribution in [3.63, 3.8) is 0 Å². The van der Waals surface area contributed by atoms with Gasteiger partial charge in [0, 0.05) is 4.47 Å². The smallest absolute Gasteiger partial charge is 0.307 e. The SMILES string of the molecule is COC(=O)C[C@@H](NC(=O)[C@H]1CCS(=O)(=O)C1)c1cccc(Br)c1. The van der Waals surface area contributed by atoms with E-state index >= 15 is 0 Å². The van der Waals surface area contributed by atoms with Crippen molar-refractivity contribution >= 4 is 37.6 Å². The molecule has 1 aliphatic heterocycles. The second kappa shape index (κ2) is 7.44. The molecule has 0 bridgehead atoms. The van der Waals surface area contributed by atoms with Crippen molar-refractivity contribution in [2.24, 2.45) is 5.92 Å². The van der Waals surface area contributed by atoms with E-state index in [0.29, 0.717) is 6.42 Å². The maximum absolute atomic E-state index is 12.3. The third-order valence-corrected chi connectivity index (χ3v) is 6.03. The normalized spacial score (nSPS) is 20.7. The monoisotopic (exact) mass is 403 g/mol. The van der Waals surface area contributed by atoms with Gasteiger partial charge < -0.3 is 10.1 Å². The third-order valence-electron chi connectivity index (χ3n) is 3.77. The van der Waals surface area contributed by atoms with E-state index in [0.717, 1.165) is 10.0 Å². The molecule has 6 nitrogen and oxygen atoms in total. The lowest BCUT2D eigenvalue weighted by Gasteiger charge is -2.20. The van der Waals surface area contributed by atoms with Crippen LogP contribution in [0.4, 0.5) is 0 Å². The largest absolute Gasteiger partial charge is 0.469 e. The highest BCUT2D eigenvalue weighted by Gasteiger charge is 2.34. The minimum absolute atomic E-state index is 0.0157. The number of hydrogen-bond acceptors (Lipinski definition) is 5. The zero-order valence-corrected chi connectivity index (χ0v) is 15.0. The molecule has 1 fully saturated rings. The minimum atomic E-state index is -3.14. The average Bonchev–Trinajstić information content (AvgIpc) is 2.86. The molecule has 2 atom stereocenters. The van der Waals surface area contributed by atoms with Gasteiger partial charge in [0.2, 0.25) is 5.91 Å². The first-order valence-corrected chi connectivity index (χ1v) is 9.75. The van der Waals surface area contributed by atoms with Crippen LogP contribution in [0.5, 0.6) is 0 Å². The summed E-state index contributed by atoms with van der Waals surface area (Å²) in [5.74, 6) is -1.46.